The van der Waals surface area contributed by atoms with E-state index in [0.717, 1.165) is 18.4 Å². The highest BCUT2D eigenvalue weighted by Gasteiger charge is 2.28. The second kappa shape index (κ2) is 8.83. The lowest BCUT2D eigenvalue weighted by Gasteiger charge is -2.31. The Balaban J connectivity index is 1.99. The van der Waals surface area contributed by atoms with Crippen LogP contribution in [0.1, 0.15) is 57.6 Å². The molecule has 1 aromatic carbocycles. The van der Waals surface area contributed by atoms with Gasteiger partial charge in [-0.15, -0.1) is 0 Å². The molecule has 0 saturated heterocycles. The fourth-order valence-corrected chi connectivity index (χ4v) is 3.23. The summed E-state index contributed by atoms with van der Waals surface area (Å²) in [4.78, 5) is 23.2. The number of nitrogens with one attached hydrogen (secondary N) is 1. The molecule has 1 aliphatic rings. The van der Waals surface area contributed by atoms with Gasteiger partial charge in [-0.25, -0.2) is 0 Å². The van der Waals surface area contributed by atoms with E-state index in [4.69, 9.17) is 9.84 Å². The third-order valence-corrected chi connectivity index (χ3v) is 4.45. The first-order chi connectivity index (χ1) is 11.5. The molecule has 1 fully saturated rings. The molecule has 0 amide bonds. The molecule has 1 saturated carbocycles. The van der Waals surface area contributed by atoms with Gasteiger partial charge in [0.1, 0.15) is 0 Å². The predicted molar refractivity (Wildman–Crippen MR) is 91.5 cm³/mol. The summed E-state index contributed by atoms with van der Waals surface area (Å²) in [6.45, 7) is 3.69. The van der Waals surface area contributed by atoms with Gasteiger partial charge in [-0.3, -0.25) is 9.59 Å². The summed E-state index contributed by atoms with van der Waals surface area (Å²) >= 11 is 0. The van der Waals surface area contributed by atoms with Gasteiger partial charge in [0.25, 0.3) is 0 Å². The van der Waals surface area contributed by atoms with Gasteiger partial charge in [0.2, 0.25) is 0 Å². The Hall–Kier alpha value is -1.88. The summed E-state index contributed by atoms with van der Waals surface area (Å²) in [6, 6.07) is 10.00. The number of rotatable bonds is 7. The van der Waals surface area contributed by atoms with E-state index in [1.807, 2.05) is 44.2 Å². The fourth-order valence-electron chi connectivity index (χ4n) is 3.23. The monoisotopic (exact) mass is 333 g/mol. The van der Waals surface area contributed by atoms with Crippen molar-refractivity contribution in [3.05, 3.63) is 35.9 Å². The zero-order valence-electron chi connectivity index (χ0n) is 14.4. The lowest BCUT2D eigenvalue weighted by molar-refractivity contribution is -0.148. The average molecular weight is 333 g/mol. The Morgan fingerprint density at radius 3 is 2.33 bits per heavy atom. The van der Waals surface area contributed by atoms with E-state index in [2.05, 4.69) is 5.32 Å². The molecule has 0 aromatic heterocycles. The number of carboxylic acid groups (broad SMARTS) is 1. The van der Waals surface area contributed by atoms with Crippen LogP contribution in [-0.2, 0) is 14.3 Å². The first-order valence-electron chi connectivity index (χ1n) is 8.69. The minimum absolute atomic E-state index is 0.108. The van der Waals surface area contributed by atoms with Crippen molar-refractivity contribution in [2.75, 3.05) is 0 Å². The highest BCUT2D eigenvalue weighted by Crippen LogP contribution is 2.27. The fraction of sp³-hybridized carbons (Fsp3) is 0.579. The standard InChI is InChI=1S/C19H27NO4/c1-13(2)24-18(21)12-17(14-6-4-3-5-7-14)20-16-10-8-15(9-11-16)19(22)23/h3-7,13,15-17,20H,8-12H2,1-2H3,(H,22,23). The van der Waals surface area contributed by atoms with Gasteiger partial charge in [0, 0.05) is 12.1 Å². The quantitative estimate of drug-likeness (QED) is 0.749. The van der Waals surface area contributed by atoms with Crippen molar-refractivity contribution in [2.45, 2.75) is 64.1 Å². The molecule has 1 aromatic rings. The zero-order valence-corrected chi connectivity index (χ0v) is 14.4. The van der Waals surface area contributed by atoms with E-state index in [9.17, 15) is 9.59 Å². The zero-order chi connectivity index (χ0) is 17.5. The van der Waals surface area contributed by atoms with Crippen molar-refractivity contribution >= 4 is 11.9 Å². The number of ether oxygens (including phenoxy) is 1. The van der Waals surface area contributed by atoms with Crippen molar-refractivity contribution in [1.82, 2.24) is 5.32 Å². The van der Waals surface area contributed by atoms with Crippen LogP contribution in [0.2, 0.25) is 0 Å². The Morgan fingerprint density at radius 1 is 1.17 bits per heavy atom. The minimum Gasteiger partial charge on any atom is -0.481 e. The molecule has 0 heterocycles. The van der Waals surface area contributed by atoms with Gasteiger partial charge in [-0.2, -0.15) is 0 Å². The molecular formula is C19H27NO4. The number of benzene rings is 1. The Labute approximate surface area is 143 Å². The van der Waals surface area contributed by atoms with Crippen LogP contribution >= 0.6 is 0 Å². The van der Waals surface area contributed by atoms with Crippen LogP contribution < -0.4 is 5.32 Å². The first kappa shape index (κ1) is 18.5. The number of hydrogen-bond acceptors (Lipinski definition) is 4. The number of aliphatic carboxylic acids is 1. The summed E-state index contributed by atoms with van der Waals surface area (Å²) in [5.41, 5.74) is 1.05. The number of hydrogen-bond donors (Lipinski definition) is 2. The largest absolute Gasteiger partial charge is 0.481 e. The molecule has 2 N–H and O–H groups in total. The van der Waals surface area contributed by atoms with Crippen molar-refractivity contribution in [2.24, 2.45) is 5.92 Å². The number of carbonyl (C=O) groups excluding carboxylic acids is 1. The second-order valence-electron chi connectivity index (χ2n) is 6.76. The van der Waals surface area contributed by atoms with Crippen LogP contribution in [0.25, 0.3) is 0 Å². The normalized spacial score (nSPS) is 22.1. The molecule has 5 heteroatoms. The molecule has 132 valence electrons. The van der Waals surface area contributed by atoms with Gasteiger partial charge in [-0.05, 0) is 45.1 Å². The average Bonchev–Trinajstić information content (AvgIpc) is 2.55. The van der Waals surface area contributed by atoms with Crippen molar-refractivity contribution in [3.8, 4) is 0 Å². The number of carboxylic acids is 1. The molecule has 1 atom stereocenters. The van der Waals surface area contributed by atoms with E-state index in [1.54, 1.807) is 0 Å². The van der Waals surface area contributed by atoms with Crippen molar-refractivity contribution in [1.29, 1.82) is 0 Å². The third-order valence-electron chi connectivity index (χ3n) is 4.45. The smallest absolute Gasteiger partial charge is 0.307 e. The van der Waals surface area contributed by atoms with Crippen LogP contribution in [0, 0.1) is 5.92 Å². The summed E-state index contributed by atoms with van der Waals surface area (Å²) < 4.78 is 5.28. The summed E-state index contributed by atoms with van der Waals surface area (Å²) in [5, 5.41) is 12.6. The molecular weight excluding hydrogens is 306 g/mol. The Bertz CT molecular complexity index is 536. The molecule has 24 heavy (non-hydrogen) atoms. The summed E-state index contributed by atoms with van der Waals surface area (Å²) in [5.74, 6) is -1.15. The third kappa shape index (κ3) is 5.64. The van der Waals surface area contributed by atoms with Gasteiger partial charge in [0.05, 0.1) is 18.4 Å². The topological polar surface area (TPSA) is 75.6 Å². The first-order valence-corrected chi connectivity index (χ1v) is 8.69. The van der Waals surface area contributed by atoms with Gasteiger partial charge in [0.15, 0.2) is 0 Å². The van der Waals surface area contributed by atoms with Gasteiger partial charge < -0.3 is 15.2 Å². The Morgan fingerprint density at radius 2 is 1.79 bits per heavy atom. The van der Waals surface area contributed by atoms with E-state index < -0.39 is 5.97 Å². The molecule has 2 rings (SSSR count). The lowest BCUT2D eigenvalue weighted by Crippen LogP contribution is -2.38. The predicted octanol–water partition coefficient (Wildman–Crippen LogP) is 3.30. The summed E-state index contributed by atoms with van der Waals surface area (Å²) in [6.07, 6.45) is 3.16. The maximum absolute atomic E-state index is 12.1. The van der Waals surface area contributed by atoms with Gasteiger partial charge >= 0.3 is 11.9 Å². The molecule has 0 radical (unpaired) electrons. The van der Waals surface area contributed by atoms with E-state index in [-0.39, 0.29) is 36.5 Å². The van der Waals surface area contributed by atoms with Crippen LogP contribution in [0.5, 0.6) is 0 Å². The molecule has 5 nitrogen and oxygen atoms in total. The van der Waals surface area contributed by atoms with Crippen LogP contribution in [0.3, 0.4) is 0 Å². The lowest BCUT2D eigenvalue weighted by atomic mass is 9.85. The molecule has 0 bridgehead atoms. The Kier molecular flexibility index (Phi) is 6.79. The van der Waals surface area contributed by atoms with Crippen molar-refractivity contribution in [3.63, 3.8) is 0 Å². The summed E-state index contributed by atoms with van der Waals surface area (Å²) in [7, 11) is 0. The molecule has 0 aliphatic heterocycles. The van der Waals surface area contributed by atoms with E-state index in [0.29, 0.717) is 12.8 Å². The maximum atomic E-state index is 12.1. The van der Waals surface area contributed by atoms with Crippen LogP contribution in [0.15, 0.2) is 30.3 Å². The highest BCUT2D eigenvalue weighted by atomic mass is 16.5. The molecule has 1 unspecified atom stereocenters. The second-order valence-corrected chi connectivity index (χ2v) is 6.76. The minimum atomic E-state index is -0.700. The molecule has 0 spiro atoms. The molecule has 1 aliphatic carbocycles. The van der Waals surface area contributed by atoms with Crippen LogP contribution in [0.4, 0.5) is 0 Å². The van der Waals surface area contributed by atoms with Crippen molar-refractivity contribution < 1.29 is 19.4 Å². The van der Waals surface area contributed by atoms with Crippen LogP contribution in [-0.4, -0.2) is 29.2 Å². The van der Waals surface area contributed by atoms with E-state index in [1.165, 1.54) is 0 Å². The van der Waals surface area contributed by atoms with Gasteiger partial charge in [-0.1, -0.05) is 30.3 Å². The number of carbonyl (C=O) groups is 2. The SMILES string of the molecule is CC(C)OC(=O)CC(NC1CCC(C(=O)O)CC1)c1ccccc1. The number of esters is 1. The van der Waals surface area contributed by atoms with E-state index >= 15 is 0 Å². The maximum Gasteiger partial charge on any atom is 0.307 e. The highest BCUT2D eigenvalue weighted by molar-refractivity contribution is 5.71.